The Morgan fingerprint density at radius 1 is 1.00 bits per heavy atom. The minimum atomic E-state index is -1.77. The van der Waals surface area contributed by atoms with E-state index in [9.17, 15) is 20.4 Å². The van der Waals surface area contributed by atoms with Crippen LogP contribution in [0, 0.1) is 11.8 Å². The summed E-state index contributed by atoms with van der Waals surface area (Å²) >= 11 is 6.48. The molecule has 3 fully saturated rings. The molecular weight excluding hydrogens is 460 g/mol. The number of fused-ring (bicyclic) bond motifs is 1. The normalized spacial score (nSPS) is 36.8. The third-order valence-corrected chi connectivity index (χ3v) is 7.89. The molecule has 1 heterocycles. The van der Waals surface area contributed by atoms with Gasteiger partial charge < -0.3 is 34.6 Å². The first-order valence-electron chi connectivity index (χ1n) is 11.8. The second-order valence-corrected chi connectivity index (χ2v) is 10.1. The molecule has 1 saturated heterocycles. The van der Waals surface area contributed by atoms with Crippen molar-refractivity contribution >= 4 is 11.6 Å². The molecular formula is C26H31ClO7. The number of methoxy groups -OCH3 is 1. The molecule has 2 aromatic rings. The number of halogens is 1. The van der Waals surface area contributed by atoms with Crippen molar-refractivity contribution in [1.82, 2.24) is 0 Å². The van der Waals surface area contributed by atoms with E-state index in [1.54, 1.807) is 18.2 Å². The molecule has 7 nitrogen and oxygen atoms in total. The average Bonchev–Trinajstić information content (AvgIpc) is 3.46. The average molecular weight is 491 g/mol. The van der Waals surface area contributed by atoms with Gasteiger partial charge in [-0.1, -0.05) is 29.8 Å². The summed E-state index contributed by atoms with van der Waals surface area (Å²) in [6.45, 7) is -0.549. The van der Waals surface area contributed by atoms with Gasteiger partial charge in [-0.25, -0.2) is 0 Å². The van der Waals surface area contributed by atoms with E-state index >= 15 is 0 Å². The fourth-order valence-electron chi connectivity index (χ4n) is 5.45. The molecule has 8 heteroatoms. The molecule has 8 atom stereocenters. The van der Waals surface area contributed by atoms with E-state index in [0.717, 1.165) is 41.6 Å². The highest BCUT2D eigenvalue weighted by Gasteiger charge is 2.55. The van der Waals surface area contributed by atoms with Crippen LogP contribution < -0.4 is 4.74 Å². The molecule has 0 amide bonds. The summed E-state index contributed by atoms with van der Waals surface area (Å²) in [7, 11) is 1.34. The predicted molar refractivity (Wildman–Crippen MR) is 125 cm³/mol. The first kappa shape index (κ1) is 24.0. The Bertz CT molecular complexity index is 1000. The number of hydrogen-bond acceptors (Lipinski definition) is 7. The minimum Gasteiger partial charge on any atom is -0.490 e. The van der Waals surface area contributed by atoms with Gasteiger partial charge in [0.2, 0.25) is 5.79 Å². The van der Waals surface area contributed by atoms with E-state index in [-0.39, 0.29) is 0 Å². The zero-order chi connectivity index (χ0) is 24.0. The molecule has 5 rings (SSSR count). The number of benzene rings is 2. The first-order valence-corrected chi connectivity index (χ1v) is 12.1. The molecule has 0 bridgehead atoms. The Hall–Kier alpha value is -1.71. The Balaban J connectivity index is 1.35. The van der Waals surface area contributed by atoms with Gasteiger partial charge in [0.25, 0.3) is 0 Å². The molecule has 1 aliphatic heterocycles. The predicted octanol–water partition coefficient (Wildman–Crippen LogP) is 2.38. The third-order valence-electron chi connectivity index (χ3n) is 7.52. The van der Waals surface area contributed by atoms with Gasteiger partial charge in [0.05, 0.1) is 12.7 Å². The van der Waals surface area contributed by atoms with E-state index < -0.39 is 36.8 Å². The monoisotopic (exact) mass is 490 g/mol. The van der Waals surface area contributed by atoms with E-state index in [2.05, 4.69) is 0 Å². The topological polar surface area (TPSA) is 109 Å². The SMILES string of the molecule is COC1(c2ccc(Cl)c(Cc3ccc(O[C@@H]4C[C@@H]5C[C@@H]5C4)cc3)c2)O[C@H](CO)[C@@H](O)[C@H](O)[C@H]1O. The van der Waals surface area contributed by atoms with Gasteiger partial charge in [-0.15, -0.1) is 0 Å². The lowest BCUT2D eigenvalue weighted by Crippen LogP contribution is -2.64. The maximum absolute atomic E-state index is 10.8. The number of hydrogen-bond donors (Lipinski definition) is 4. The highest BCUT2D eigenvalue weighted by atomic mass is 35.5. The maximum atomic E-state index is 10.8. The van der Waals surface area contributed by atoms with Gasteiger partial charge in [-0.3, -0.25) is 0 Å². The van der Waals surface area contributed by atoms with Crippen molar-refractivity contribution in [3.05, 3.63) is 64.2 Å². The van der Waals surface area contributed by atoms with Crippen LogP contribution in [0.4, 0.5) is 0 Å². The third kappa shape index (κ3) is 4.35. The highest BCUT2D eigenvalue weighted by Crippen LogP contribution is 2.52. The van der Waals surface area contributed by atoms with Crippen molar-refractivity contribution < 1.29 is 34.6 Å². The van der Waals surface area contributed by atoms with Crippen molar-refractivity contribution in [3.8, 4) is 5.75 Å². The molecule has 0 spiro atoms. The molecule has 2 aromatic carbocycles. The second kappa shape index (κ2) is 9.39. The van der Waals surface area contributed by atoms with Crippen LogP contribution in [0.3, 0.4) is 0 Å². The van der Waals surface area contributed by atoms with Crippen LogP contribution in [0.1, 0.15) is 36.0 Å². The molecule has 4 N–H and O–H groups in total. The Labute approximate surface area is 203 Å². The van der Waals surface area contributed by atoms with Crippen molar-refractivity contribution in [2.75, 3.05) is 13.7 Å². The van der Waals surface area contributed by atoms with Gasteiger partial charge in [0.1, 0.15) is 30.2 Å². The van der Waals surface area contributed by atoms with E-state index in [0.29, 0.717) is 23.1 Å². The summed E-state index contributed by atoms with van der Waals surface area (Å²) < 4.78 is 17.5. The fraction of sp³-hybridized carbons (Fsp3) is 0.538. The molecule has 34 heavy (non-hydrogen) atoms. The zero-order valence-electron chi connectivity index (χ0n) is 19.0. The summed E-state index contributed by atoms with van der Waals surface area (Å²) in [6.07, 6.45) is -1.20. The second-order valence-electron chi connectivity index (χ2n) is 9.73. The molecule has 0 radical (unpaired) electrons. The number of rotatable bonds is 7. The number of ether oxygens (including phenoxy) is 3. The van der Waals surface area contributed by atoms with Crippen LogP contribution in [0.2, 0.25) is 5.02 Å². The van der Waals surface area contributed by atoms with Crippen LogP contribution in [0.5, 0.6) is 5.75 Å². The molecule has 184 valence electrons. The smallest absolute Gasteiger partial charge is 0.224 e. The van der Waals surface area contributed by atoms with Gasteiger partial charge in [-0.05, 0) is 72.9 Å². The van der Waals surface area contributed by atoms with E-state index in [4.69, 9.17) is 25.8 Å². The molecule has 1 unspecified atom stereocenters. The zero-order valence-corrected chi connectivity index (χ0v) is 19.8. The number of aliphatic hydroxyl groups excluding tert-OH is 4. The fourth-order valence-corrected chi connectivity index (χ4v) is 5.63. The van der Waals surface area contributed by atoms with Gasteiger partial charge >= 0.3 is 0 Å². The summed E-state index contributed by atoms with van der Waals surface area (Å²) in [6, 6.07) is 13.0. The lowest BCUT2D eigenvalue weighted by Gasteiger charge is -2.47. The standard InChI is InChI=1S/C26H31ClO7/c1-32-26(25(31)24(30)23(29)22(13-28)34-26)18-4-7-21(27)17(10-18)8-14-2-5-19(6-3-14)33-20-11-15-9-16(15)12-20/h2-7,10,15-16,20,22-25,28-31H,8-9,11-13H2,1H3/t15-,16+,20+,22-,23-,24+,25-,26?/m1/s1. The lowest BCUT2D eigenvalue weighted by molar-refractivity contribution is -0.366. The van der Waals surface area contributed by atoms with Crippen molar-refractivity contribution in [2.24, 2.45) is 11.8 Å². The van der Waals surface area contributed by atoms with Gasteiger partial charge in [-0.2, -0.15) is 0 Å². The van der Waals surface area contributed by atoms with Crippen LogP contribution in [0.25, 0.3) is 0 Å². The summed E-state index contributed by atoms with van der Waals surface area (Å²) in [5.74, 6) is 0.843. The molecule has 2 saturated carbocycles. The van der Waals surface area contributed by atoms with Crippen LogP contribution in [-0.2, 0) is 21.7 Å². The Kier molecular flexibility index (Phi) is 6.63. The quantitative estimate of drug-likeness (QED) is 0.472. The molecule has 3 aliphatic rings. The first-order chi connectivity index (χ1) is 16.3. The molecule has 2 aliphatic carbocycles. The Morgan fingerprint density at radius 2 is 1.71 bits per heavy atom. The lowest BCUT2D eigenvalue weighted by atomic mass is 9.87. The van der Waals surface area contributed by atoms with E-state index in [1.165, 1.54) is 13.5 Å². The van der Waals surface area contributed by atoms with E-state index in [1.807, 2.05) is 24.3 Å². The van der Waals surface area contributed by atoms with Crippen LogP contribution in [0.15, 0.2) is 42.5 Å². The van der Waals surface area contributed by atoms with Gasteiger partial charge in [0, 0.05) is 17.7 Å². The highest BCUT2D eigenvalue weighted by molar-refractivity contribution is 6.31. The van der Waals surface area contributed by atoms with Crippen LogP contribution >= 0.6 is 11.6 Å². The van der Waals surface area contributed by atoms with Crippen LogP contribution in [-0.4, -0.2) is 64.7 Å². The van der Waals surface area contributed by atoms with Crippen molar-refractivity contribution in [3.63, 3.8) is 0 Å². The minimum absolute atomic E-state index is 0.324. The maximum Gasteiger partial charge on any atom is 0.224 e. The Morgan fingerprint density at radius 3 is 2.35 bits per heavy atom. The summed E-state index contributed by atoms with van der Waals surface area (Å²) in [5, 5.41) is 41.4. The van der Waals surface area contributed by atoms with Crippen molar-refractivity contribution in [2.45, 2.75) is 62.0 Å². The summed E-state index contributed by atoms with van der Waals surface area (Å²) in [4.78, 5) is 0. The largest absolute Gasteiger partial charge is 0.490 e. The van der Waals surface area contributed by atoms with Gasteiger partial charge in [0.15, 0.2) is 0 Å². The summed E-state index contributed by atoms with van der Waals surface area (Å²) in [5.41, 5.74) is 2.23. The number of aliphatic hydroxyl groups is 4. The van der Waals surface area contributed by atoms with Crippen molar-refractivity contribution in [1.29, 1.82) is 0 Å². The molecule has 0 aromatic heterocycles.